The molecule has 24 heavy (non-hydrogen) atoms. The van der Waals surface area contributed by atoms with Gasteiger partial charge in [0, 0.05) is 20.2 Å². The first-order valence-corrected chi connectivity index (χ1v) is 8.48. The molecule has 0 aliphatic carbocycles. The number of halogens is 1. The van der Waals surface area contributed by atoms with Gasteiger partial charge in [-0.15, -0.1) is 24.0 Å². The van der Waals surface area contributed by atoms with Gasteiger partial charge in [0.05, 0.1) is 12.6 Å². The monoisotopic (exact) mass is 447 g/mol. The van der Waals surface area contributed by atoms with Crippen molar-refractivity contribution in [2.45, 2.75) is 38.7 Å². The van der Waals surface area contributed by atoms with Crippen LogP contribution in [0.2, 0.25) is 0 Å². The maximum absolute atomic E-state index is 5.74. The number of ether oxygens (including phenoxy) is 2. The smallest absolute Gasteiger partial charge is 0.191 e. The molecule has 0 aromatic heterocycles. The van der Waals surface area contributed by atoms with Crippen LogP contribution in [0.5, 0.6) is 5.75 Å². The van der Waals surface area contributed by atoms with E-state index in [-0.39, 0.29) is 24.0 Å². The van der Waals surface area contributed by atoms with Gasteiger partial charge in [0.2, 0.25) is 0 Å². The summed E-state index contributed by atoms with van der Waals surface area (Å²) in [5.41, 5.74) is 1.33. The molecule has 1 aromatic rings. The molecule has 0 radical (unpaired) electrons. The van der Waals surface area contributed by atoms with E-state index in [1.54, 1.807) is 7.05 Å². The number of guanidine groups is 1. The average Bonchev–Trinajstić information content (AvgIpc) is 3.08. The van der Waals surface area contributed by atoms with Gasteiger partial charge < -0.3 is 20.1 Å². The topological polar surface area (TPSA) is 54.9 Å². The van der Waals surface area contributed by atoms with Crippen molar-refractivity contribution in [3.63, 3.8) is 0 Å². The molecule has 136 valence electrons. The Morgan fingerprint density at radius 1 is 1.29 bits per heavy atom. The molecule has 1 heterocycles. The quantitative estimate of drug-likeness (QED) is 0.292. The van der Waals surface area contributed by atoms with E-state index >= 15 is 0 Å². The number of rotatable bonds is 7. The second kappa shape index (κ2) is 11.5. The predicted octanol–water partition coefficient (Wildman–Crippen LogP) is 3.15. The summed E-state index contributed by atoms with van der Waals surface area (Å²) in [5, 5.41) is 6.54. The first-order chi connectivity index (χ1) is 11.2. The van der Waals surface area contributed by atoms with Crippen LogP contribution in [-0.4, -0.2) is 45.4 Å². The molecule has 0 spiro atoms. The Hall–Kier alpha value is -1.02. The summed E-state index contributed by atoms with van der Waals surface area (Å²) in [4.78, 5) is 4.21. The molecule has 1 aliphatic heterocycles. The maximum Gasteiger partial charge on any atom is 0.191 e. The van der Waals surface area contributed by atoms with Crippen molar-refractivity contribution in [3.05, 3.63) is 29.8 Å². The lowest BCUT2D eigenvalue weighted by atomic mass is 10.0. The van der Waals surface area contributed by atoms with E-state index in [1.807, 2.05) is 12.1 Å². The SMILES string of the molecule is CN=C(NCCOc1ccc(C(C)C)cc1)NCC1CCCO1.I. The summed E-state index contributed by atoms with van der Waals surface area (Å²) in [5.74, 6) is 2.24. The Kier molecular flexibility index (Phi) is 10.1. The van der Waals surface area contributed by atoms with Gasteiger partial charge in [-0.05, 0) is 36.5 Å². The summed E-state index contributed by atoms with van der Waals surface area (Å²) >= 11 is 0. The highest BCUT2D eigenvalue weighted by atomic mass is 127. The molecule has 0 amide bonds. The highest BCUT2D eigenvalue weighted by Gasteiger charge is 2.15. The van der Waals surface area contributed by atoms with Gasteiger partial charge in [0.25, 0.3) is 0 Å². The Labute approximate surface area is 162 Å². The summed E-state index contributed by atoms with van der Waals surface area (Å²) < 4.78 is 11.3. The minimum absolute atomic E-state index is 0. The van der Waals surface area contributed by atoms with Crippen LogP contribution in [0.25, 0.3) is 0 Å². The Morgan fingerprint density at radius 3 is 2.62 bits per heavy atom. The van der Waals surface area contributed by atoms with Gasteiger partial charge in [-0.25, -0.2) is 0 Å². The summed E-state index contributed by atoms with van der Waals surface area (Å²) in [7, 11) is 1.77. The summed E-state index contributed by atoms with van der Waals surface area (Å²) in [6.45, 7) is 7.36. The number of hydrogen-bond acceptors (Lipinski definition) is 3. The minimum Gasteiger partial charge on any atom is -0.492 e. The van der Waals surface area contributed by atoms with E-state index in [1.165, 1.54) is 5.56 Å². The third-order valence-electron chi connectivity index (χ3n) is 3.95. The second-order valence-corrected chi connectivity index (χ2v) is 6.09. The van der Waals surface area contributed by atoms with E-state index < -0.39 is 0 Å². The second-order valence-electron chi connectivity index (χ2n) is 6.09. The largest absolute Gasteiger partial charge is 0.492 e. The van der Waals surface area contributed by atoms with E-state index in [0.29, 0.717) is 25.2 Å². The lowest BCUT2D eigenvalue weighted by Gasteiger charge is -2.15. The van der Waals surface area contributed by atoms with Crippen molar-refractivity contribution < 1.29 is 9.47 Å². The van der Waals surface area contributed by atoms with Crippen LogP contribution in [0.1, 0.15) is 38.2 Å². The van der Waals surface area contributed by atoms with Crippen LogP contribution >= 0.6 is 24.0 Å². The number of aliphatic imine (C=N–C) groups is 1. The van der Waals surface area contributed by atoms with E-state index in [2.05, 4.69) is 41.6 Å². The molecule has 1 unspecified atom stereocenters. The molecule has 1 saturated heterocycles. The van der Waals surface area contributed by atoms with Crippen LogP contribution < -0.4 is 15.4 Å². The molecule has 2 N–H and O–H groups in total. The zero-order chi connectivity index (χ0) is 16.5. The van der Waals surface area contributed by atoms with Crippen molar-refractivity contribution in [2.24, 2.45) is 4.99 Å². The first kappa shape index (κ1) is 21.0. The van der Waals surface area contributed by atoms with Crippen molar-refractivity contribution in [1.82, 2.24) is 10.6 Å². The fraction of sp³-hybridized carbons (Fsp3) is 0.611. The molecule has 1 atom stereocenters. The molecular formula is C18H30IN3O2. The van der Waals surface area contributed by atoms with Crippen LogP contribution in [-0.2, 0) is 4.74 Å². The molecule has 1 fully saturated rings. The molecule has 0 saturated carbocycles. The highest BCUT2D eigenvalue weighted by Crippen LogP contribution is 2.18. The number of nitrogens with one attached hydrogen (secondary N) is 2. The lowest BCUT2D eigenvalue weighted by molar-refractivity contribution is 0.114. The van der Waals surface area contributed by atoms with Gasteiger partial charge in [-0.2, -0.15) is 0 Å². The van der Waals surface area contributed by atoms with Crippen LogP contribution in [0.15, 0.2) is 29.3 Å². The predicted molar refractivity (Wildman–Crippen MR) is 110 cm³/mol. The van der Waals surface area contributed by atoms with Crippen molar-refractivity contribution in [1.29, 1.82) is 0 Å². The molecule has 5 nitrogen and oxygen atoms in total. The van der Waals surface area contributed by atoms with E-state index in [4.69, 9.17) is 9.47 Å². The molecule has 1 aliphatic rings. The third kappa shape index (κ3) is 7.25. The van der Waals surface area contributed by atoms with Crippen LogP contribution in [0.4, 0.5) is 0 Å². The molecule has 6 heteroatoms. The lowest BCUT2D eigenvalue weighted by Crippen LogP contribution is -2.42. The minimum atomic E-state index is 0. The van der Waals surface area contributed by atoms with Crippen LogP contribution in [0.3, 0.4) is 0 Å². The maximum atomic E-state index is 5.74. The molecule has 1 aromatic carbocycles. The van der Waals surface area contributed by atoms with Crippen LogP contribution in [0, 0.1) is 0 Å². The van der Waals surface area contributed by atoms with Gasteiger partial charge in [0.1, 0.15) is 12.4 Å². The first-order valence-electron chi connectivity index (χ1n) is 8.48. The normalized spacial score (nSPS) is 17.5. The third-order valence-corrected chi connectivity index (χ3v) is 3.95. The molecule has 0 bridgehead atoms. The highest BCUT2D eigenvalue weighted by molar-refractivity contribution is 14.0. The Bertz CT molecular complexity index is 486. The fourth-order valence-electron chi connectivity index (χ4n) is 2.52. The van der Waals surface area contributed by atoms with Gasteiger partial charge in [-0.1, -0.05) is 26.0 Å². The van der Waals surface area contributed by atoms with Gasteiger partial charge in [0.15, 0.2) is 5.96 Å². The summed E-state index contributed by atoms with van der Waals surface area (Å²) in [6.07, 6.45) is 2.59. The van der Waals surface area contributed by atoms with Crippen molar-refractivity contribution in [2.75, 3.05) is 33.4 Å². The number of benzene rings is 1. The number of nitrogens with zero attached hydrogens (tertiary/aromatic N) is 1. The summed E-state index contributed by atoms with van der Waals surface area (Å²) in [6, 6.07) is 8.30. The molecular weight excluding hydrogens is 417 g/mol. The zero-order valence-electron chi connectivity index (χ0n) is 14.9. The standard InChI is InChI=1S/C18H29N3O2.HI/c1-14(2)15-6-8-16(9-7-15)23-12-10-20-18(19-3)21-13-17-5-4-11-22-17;/h6-9,14,17H,4-5,10-13H2,1-3H3,(H2,19,20,21);1H. The van der Waals surface area contributed by atoms with Crippen molar-refractivity contribution >= 4 is 29.9 Å². The zero-order valence-corrected chi connectivity index (χ0v) is 17.2. The molecule has 2 rings (SSSR count). The fourth-order valence-corrected chi connectivity index (χ4v) is 2.52. The van der Waals surface area contributed by atoms with Gasteiger partial charge >= 0.3 is 0 Å². The Morgan fingerprint density at radius 2 is 2.04 bits per heavy atom. The Balaban J connectivity index is 0.00000288. The van der Waals surface area contributed by atoms with Gasteiger partial charge in [-0.3, -0.25) is 4.99 Å². The van der Waals surface area contributed by atoms with E-state index in [0.717, 1.165) is 37.7 Å². The average molecular weight is 447 g/mol. The number of hydrogen-bond donors (Lipinski definition) is 2. The van der Waals surface area contributed by atoms with Crippen molar-refractivity contribution in [3.8, 4) is 5.75 Å². The van der Waals surface area contributed by atoms with E-state index in [9.17, 15) is 0 Å².